The zero-order chi connectivity index (χ0) is 40.9. The molecule has 7 atom stereocenters. The van der Waals surface area contributed by atoms with Crippen LogP contribution in [0.15, 0.2) is 12.2 Å². The lowest BCUT2D eigenvalue weighted by molar-refractivity contribution is -0.302. The number of unbranched alkanes of at least 4 members (excludes halogenated alkanes) is 30. The number of hydrogen-bond donors (Lipinski definition) is 6. The number of carbonyl (C=O) groups is 1. The molecular weight excluding hydrogens is 707 g/mol. The van der Waals surface area contributed by atoms with Crippen LogP contribution in [0.5, 0.6) is 0 Å². The van der Waals surface area contributed by atoms with Crippen LogP contribution in [0.4, 0.5) is 0 Å². The number of carbonyl (C=O) groups excluding carboxylic acids is 1. The molecule has 1 aliphatic rings. The van der Waals surface area contributed by atoms with E-state index in [9.17, 15) is 30.3 Å². The highest BCUT2D eigenvalue weighted by Crippen LogP contribution is 2.23. The highest BCUT2D eigenvalue weighted by atomic mass is 16.7. The van der Waals surface area contributed by atoms with Crippen LogP contribution in [0.2, 0.25) is 0 Å². The molecule has 0 aliphatic carbocycles. The first-order valence-electron chi connectivity index (χ1n) is 23.9. The maximum atomic E-state index is 12.9. The Kier molecular flexibility index (Phi) is 36.1. The summed E-state index contributed by atoms with van der Waals surface area (Å²) in [5.41, 5.74) is 0. The molecule has 0 radical (unpaired) electrons. The number of nitrogens with one attached hydrogen (secondary N) is 1. The van der Waals surface area contributed by atoms with E-state index in [1.165, 1.54) is 167 Å². The van der Waals surface area contributed by atoms with Gasteiger partial charge < -0.3 is 40.3 Å². The Labute approximate surface area is 344 Å². The van der Waals surface area contributed by atoms with Crippen LogP contribution in [0, 0.1) is 0 Å². The molecule has 1 saturated heterocycles. The van der Waals surface area contributed by atoms with Gasteiger partial charge >= 0.3 is 0 Å². The van der Waals surface area contributed by atoms with Crippen LogP contribution in [-0.4, -0.2) is 87.5 Å². The van der Waals surface area contributed by atoms with E-state index in [2.05, 4.69) is 19.2 Å². The second-order valence-corrected chi connectivity index (χ2v) is 16.9. The molecule has 9 heteroatoms. The van der Waals surface area contributed by atoms with Gasteiger partial charge in [0.1, 0.15) is 24.4 Å². The van der Waals surface area contributed by atoms with Crippen molar-refractivity contribution in [2.24, 2.45) is 0 Å². The molecule has 332 valence electrons. The Morgan fingerprint density at radius 3 is 1.39 bits per heavy atom. The molecule has 0 aromatic heterocycles. The highest BCUT2D eigenvalue weighted by molar-refractivity contribution is 5.76. The lowest BCUT2D eigenvalue weighted by Gasteiger charge is -2.40. The first kappa shape index (κ1) is 52.9. The Hall–Kier alpha value is -1.07. The fraction of sp³-hybridized carbons (Fsp3) is 0.936. The van der Waals surface area contributed by atoms with Crippen molar-refractivity contribution >= 4 is 5.91 Å². The van der Waals surface area contributed by atoms with Gasteiger partial charge in [0.2, 0.25) is 5.91 Å². The molecule has 9 nitrogen and oxygen atoms in total. The van der Waals surface area contributed by atoms with E-state index in [-0.39, 0.29) is 12.5 Å². The van der Waals surface area contributed by atoms with E-state index >= 15 is 0 Å². The zero-order valence-corrected chi connectivity index (χ0v) is 36.4. The number of rotatable bonds is 40. The van der Waals surface area contributed by atoms with Crippen molar-refractivity contribution in [1.29, 1.82) is 0 Å². The van der Waals surface area contributed by atoms with Crippen molar-refractivity contribution in [1.82, 2.24) is 5.32 Å². The monoisotopic (exact) mass is 798 g/mol. The van der Waals surface area contributed by atoms with Crippen molar-refractivity contribution < 1.29 is 39.8 Å². The van der Waals surface area contributed by atoms with E-state index < -0.39 is 49.5 Å². The Morgan fingerprint density at radius 2 is 0.982 bits per heavy atom. The molecule has 0 aromatic rings. The summed E-state index contributed by atoms with van der Waals surface area (Å²) in [7, 11) is 0. The lowest BCUT2D eigenvalue weighted by Crippen LogP contribution is -2.60. The lowest BCUT2D eigenvalue weighted by atomic mass is 9.99. The van der Waals surface area contributed by atoms with Gasteiger partial charge in [-0.05, 0) is 19.3 Å². The van der Waals surface area contributed by atoms with Crippen molar-refractivity contribution in [3.8, 4) is 0 Å². The maximum Gasteiger partial charge on any atom is 0.220 e. The smallest absolute Gasteiger partial charge is 0.220 e. The number of aliphatic hydroxyl groups excluding tert-OH is 5. The molecule has 56 heavy (non-hydrogen) atoms. The standard InChI is InChI=1S/C47H91NO8/c1-3-5-7-9-11-13-15-16-17-18-19-20-21-22-23-24-25-27-29-31-33-35-37-43(51)48-40(39-55-47-46(54)45(53)44(52)42(38-49)56-47)41(50)36-34-32-30-28-26-14-12-10-8-6-4-2/h34,36,40-42,44-47,49-50,52-54H,3-33,35,37-39H2,1-2H3,(H,48,51)/b36-34+/t40-,41+,42+,44+,45?,46?,47+/m0/s1. The van der Waals surface area contributed by atoms with Gasteiger partial charge in [0.15, 0.2) is 6.29 Å². The molecular formula is C47H91NO8. The minimum atomic E-state index is -1.56. The predicted molar refractivity (Wildman–Crippen MR) is 231 cm³/mol. The van der Waals surface area contributed by atoms with Crippen LogP contribution in [-0.2, 0) is 14.3 Å². The minimum absolute atomic E-state index is 0.174. The highest BCUT2D eigenvalue weighted by Gasteiger charge is 2.44. The first-order chi connectivity index (χ1) is 27.3. The molecule has 6 N–H and O–H groups in total. The Bertz CT molecular complexity index is 888. The molecule has 1 amide bonds. The summed E-state index contributed by atoms with van der Waals surface area (Å²) in [5.74, 6) is -0.174. The van der Waals surface area contributed by atoms with E-state index in [0.29, 0.717) is 6.42 Å². The van der Waals surface area contributed by atoms with Crippen molar-refractivity contribution in [2.45, 2.75) is 269 Å². The summed E-state index contributed by atoms with van der Waals surface area (Å²) in [6.45, 7) is 3.77. The van der Waals surface area contributed by atoms with Crippen LogP contribution in [0.3, 0.4) is 0 Å². The van der Waals surface area contributed by atoms with E-state index in [1.807, 2.05) is 6.08 Å². The first-order valence-corrected chi connectivity index (χ1v) is 23.9. The van der Waals surface area contributed by atoms with Crippen molar-refractivity contribution in [3.05, 3.63) is 12.2 Å². The number of hydrogen-bond acceptors (Lipinski definition) is 8. The molecule has 1 fully saturated rings. The normalized spacial score (nSPS) is 21.2. The third kappa shape index (κ3) is 28.4. The van der Waals surface area contributed by atoms with E-state index in [1.54, 1.807) is 6.08 Å². The van der Waals surface area contributed by atoms with Gasteiger partial charge in [-0.2, -0.15) is 0 Å². The average Bonchev–Trinajstić information content (AvgIpc) is 3.20. The van der Waals surface area contributed by atoms with Gasteiger partial charge in [-0.3, -0.25) is 4.79 Å². The number of ether oxygens (including phenoxy) is 2. The second kappa shape index (κ2) is 38.2. The summed E-state index contributed by atoms with van der Waals surface area (Å²) in [6, 6.07) is -0.797. The van der Waals surface area contributed by atoms with Gasteiger partial charge in [0, 0.05) is 6.42 Å². The zero-order valence-electron chi connectivity index (χ0n) is 36.4. The molecule has 0 aromatic carbocycles. The van der Waals surface area contributed by atoms with Gasteiger partial charge in [-0.1, -0.05) is 212 Å². The third-order valence-corrected chi connectivity index (χ3v) is 11.6. The fourth-order valence-corrected chi connectivity index (χ4v) is 7.75. The molecule has 2 unspecified atom stereocenters. The molecule has 1 heterocycles. The molecule has 1 rings (SSSR count). The largest absolute Gasteiger partial charge is 0.394 e. The molecule has 0 saturated carbocycles. The number of aliphatic hydroxyl groups is 5. The third-order valence-electron chi connectivity index (χ3n) is 11.6. The molecule has 1 aliphatic heterocycles. The Balaban J connectivity index is 2.25. The fourth-order valence-electron chi connectivity index (χ4n) is 7.75. The quantitative estimate of drug-likeness (QED) is 0.0265. The van der Waals surface area contributed by atoms with Gasteiger partial charge in [0.25, 0.3) is 0 Å². The summed E-state index contributed by atoms with van der Waals surface area (Å²) >= 11 is 0. The van der Waals surface area contributed by atoms with Crippen LogP contribution >= 0.6 is 0 Å². The topological polar surface area (TPSA) is 149 Å². The minimum Gasteiger partial charge on any atom is -0.394 e. The summed E-state index contributed by atoms with van der Waals surface area (Å²) in [5, 5.41) is 54.1. The number of amides is 1. The second-order valence-electron chi connectivity index (χ2n) is 16.9. The van der Waals surface area contributed by atoms with Crippen LogP contribution < -0.4 is 5.32 Å². The average molecular weight is 798 g/mol. The summed E-state index contributed by atoms with van der Waals surface area (Å²) in [4.78, 5) is 12.9. The van der Waals surface area contributed by atoms with E-state index in [4.69, 9.17) is 9.47 Å². The predicted octanol–water partition coefficient (Wildman–Crippen LogP) is 10.1. The van der Waals surface area contributed by atoms with Crippen molar-refractivity contribution in [3.63, 3.8) is 0 Å². The summed E-state index contributed by atoms with van der Waals surface area (Å²) < 4.78 is 11.2. The summed E-state index contributed by atoms with van der Waals surface area (Å²) in [6.07, 6.45) is 36.9. The van der Waals surface area contributed by atoms with Crippen molar-refractivity contribution in [2.75, 3.05) is 13.2 Å². The number of allylic oxidation sites excluding steroid dienone is 1. The van der Waals surface area contributed by atoms with Gasteiger partial charge in [-0.15, -0.1) is 0 Å². The molecule has 0 spiro atoms. The van der Waals surface area contributed by atoms with Gasteiger partial charge in [0.05, 0.1) is 25.4 Å². The van der Waals surface area contributed by atoms with E-state index in [0.717, 1.165) is 38.5 Å². The maximum absolute atomic E-state index is 12.9. The Morgan fingerprint density at radius 1 is 0.589 bits per heavy atom. The SMILES string of the molecule is CCCCCCCCCCC/C=C/[C@@H](O)[C@H](CO[C@@H]1O[C@H](CO)[C@@H](O)C(O)C1O)NC(=O)CCCCCCCCCCCCCCCCCCCCCCCC. The van der Waals surface area contributed by atoms with Crippen LogP contribution in [0.1, 0.15) is 226 Å². The van der Waals surface area contributed by atoms with Crippen LogP contribution in [0.25, 0.3) is 0 Å². The van der Waals surface area contributed by atoms with Gasteiger partial charge in [-0.25, -0.2) is 0 Å². The molecule has 0 bridgehead atoms.